The van der Waals surface area contributed by atoms with Crippen LogP contribution >= 0.6 is 0 Å². The monoisotopic (exact) mass is 570 g/mol. The number of carboxylic acid groups (broad SMARTS) is 1. The first kappa shape index (κ1) is 36.8. The van der Waals surface area contributed by atoms with Crippen molar-refractivity contribution in [1.82, 2.24) is 26.6 Å². The fraction of sp³-hybridized carbons (Fsp3) is 0.778. The summed E-state index contributed by atoms with van der Waals surface area (Å²) in [5.41, 5.74) is 5.94. The van der Waals surface area contributed by atoms with Gasteiger partial charge in [-0.15, -0.1) is 0 Å². The van der Waals surface area contributed by atoms with Crippen LogP contribution in [0.5, 0.6) is 0 Å². The number of hydrogen-bond donors (Lipinski definition) is 7. The summed E-state index contributed by atoms with van der Waals surface area (Å²) in [5, 5.41) is 21.8. The third-order valence-corrected chi connectivity index (χ3v) is 6.47. The van der Waals surface area contributed by atoms with Crippen molar-refractivity contribution in [2.24, 2.45) is 23.5 Å². The highest BCUT2D eigenvalue weighted by atomic mass is 16.4. The second kappa shape index (κ2) is 17.5. The molecule has 0 aliphatic rings. The molecule has 0 saturated carbocycles. The first-order valence-electron chi connectivity index (χ1n) is 13.9. The molecule has 13 heteroatoms. The average molecular weight is 571 g/mol. The Labute approximate surface area is 237 Å². The first-order valence-corrected chi connectivity index (χ1v) is 13.9. The highest BCUT2D eigenvalue weighted by Gasteiger charge is 2.31. The average Bonchev–Trinajstić information content (AvgIpc) is 2.85. The van der Waals surface area contributed by atoms with E-state index in [0.717, 1.165) is 0 Å². The number of amides is 5. The van der Waals surface area contributed by atoms with Crippen LogP contribution in [0.1, 0.15) is 81.6 Å². The molecule has 230 valence electrons. The van der Waals surface area contributed by atoms with Crippen LogP contribution in [0.4, 0.5) is 0 Å². The topological polar surface area (TPSA) is 209 Å². The van der Waals surface area contributed by atoms with E-state index in [2.05, 4.69) is 26.6 Å². The van der Waals surface area contributed by atoms with Gasteiger partial charge in [-0.1, -0.05) is 48.0 Å². The molecule has 0 spiro atoms. The molecule has 0 aliphatic heterocycles. The third kappa shape index (κ3) is 13.2. The molecular weight excluding hydrogens is 520 g/mol. The van der Waals surface area contributed by atoms with Gasteiger partial charge in [-0.2, -0.15) is 0 Å². The zero-order valence-electron chi connectivity index (χ0n) is 25.3. The van der Waals surface area contributed by atoms with Gasteiger partial charge in [-0.3, -0.25) is 28.8 Å². The van der Waals surface area contributed by atoms with Crippen LogP contribution in [-0.2, 0) is 28.8 Å². The maximum atomic E-state index is 13.1. The molecule has 0 aliphatic carbocycles. The SMILES string of the molecule is CC[C@H](C)[C@H](N)C(=O)N[C@@H](C)C(=O)N[C@@H](CC(C)C)C(=O)N[C@@H](C)C(=O)N[C@@H](CC(C)C)C(=O)N[C@@H](C)C(=O)O. The van der Waals surface area contributed by atoms with Gasteiger partial charge in [0.15, 0.2) is 0 Å². The molecule has 7 atom stereocenters. The van der Waals surface area contributed by atoms with Gasteiger partial charge in [0.1, 0.15) is 30.2 Å². The predicted octanol–water partition coefficient (Wildman–Crippen LogP) is 0.0203. The number of carbonyl (C=O) groups is 6. The minimum absolute atomic E-state index is 0.00827. The lowest BCUT2D eigenvalue weighted by molar-refractivity contribution is -0.142. The van der Waals surface area contributed by atoms with E-state index in [-0.39, 0.29) is 30.6 Å². The number of hydrogen-bond acceptors (Lipinski definition) is 7. The minimum Gasteiger partial charge on any atom is -0.480 e. The highest BCUT2D eigenvalue weighted by Crippen LogP contribution is 2.09. The lowest BCUT2D eigenvalue weighted by Crippen LogP contribution is -2.58. The van der Waals surface area contributed by atoms with E-state index in [1.54, 1.807) is 0 Å². The molecule has 0 aromatic heterocycles. The summed E-state index contributed by atoms with van der Waals surface area (Å²) < 4.78 is 0. The van der Waals surface area contributed by atoms with Crippen molar-refractivity contribution >= 4 is 35.5 Å². The van der Waals surface area contributed by atoms with E-state index in [1.807, 2.05) is 41.5 Å². The van der Waals surface area contributed by atoms with Crippen molar-refractivity contribution in [1.29, 1.82) is 0 Å². The van der Waals surface area contributed by atoms with Crippen molar-refractivity contribution in [2.75, 3.05) is 0 Å². The first-order chi connectivity index (χ1) is 18.4. The highest BCUT2D eigenvalue weighted by molar-refractivity contribution is 5.96. The van der Waals surface area contributed by atoms with Crippen LogP contribution in [0.3, 0.4) is 0 Å². The van der Waals surface area contributed by atoms with Crippen molar-refractivity contribution in [2.45, 2.75) is 118 Å². The fourth-order valence-corrected chi connectivity index (χ4v) is 3.64. The predicted molar refractivity (Wildman–Crippen MR) is 151 cm³/mol. The molecule has 0 rings (SSSR count). The lowest BCUT2D eigenvalue weighted by atomic mass is 9.99. The summed E-state index contributed by atoms with van der Waals surface area (Å²) >= 11 is 0. The van der Waals surface area contributed by atoms with E-state index in [0.29, 0.717) is 6.42 Å². The number of carboxylic acids is 1. The van der Waals surface area contributed by atoms with Crippen LogP contribution in [0, 0.1) is 17.8 Å². The Morgan fingerprint density at radius 3 is 1.25 bits per heavy atom. The van der Waals surface area contributed by atoms with E-state index < -0.39 is 71.8 Å². The maximum absolute atomic E-state index is 13.1. The van der Waals surface area contributed by atoms with Gasteiger partial charge in [-0.05, 0) is 51.4 Å². The van der Waals surface area contributed by atoms with Crippen LogP contribution in [0.15, 0.2) is 0 Å². The van der Waals surface area contributed by atoms with E-state index in [9.17, 15) is 28.8 Å². The third-order valence-electron chi connectivity index (χ3n) is 6.47. The van der Waals surface area contributed by atoms with Crippen molar-refractivity contribution in [3.63, 3.8) is 0 Å². The molecular formula is C27H50N6O7. The lowest BCUT2D eigenvalue weighted by Gasteiger charge is -2.26. The minimum atomic E-state index is -1.21. The van der Waals surface area contributed by atoms with Gasteiger partial charge in [0.25, 0.3) is 0 Å². The van der Waals surface area contributed by atoms with E-state index >= 15 is 0 Å². The van der Waals surface area contributed by atoms with Gasteiger partial charge < -0.3 is 37.4 Å². The van der Waals surface area contributed by atoms with E-state index in [4.69, 9.17) is 10.8 Å². The largest absolute Gasteiger partial charge is 0.480 e. The Bertz CT molecular complexity index is 895. The Morgan fingerprint density at radius 1 is 0.575 bits per heavy atom. The normalized spacial score (nSPS) is 16.5. The van der Waals surface area contributed by atoms with Crippen LogP contribution < -0.4 is 32.3 Å². The standard InChI is InChI=1S/C27H50N6O7/c1-10-15(6)21(28)26(38)30-17(8)23(35)32-19(11-13(2)3)24(36)29-16(7)22(34)33-20(12-14(4)5)25(37)31-18(9)27(39)40/h13-21H,10-12,28H2,1-9H3,(H,29,36)(H,30,38)(H,31,37)(H,32,35)(H,33,34)(H,39,40)/t15-,16-,17-,18-,19-,20-,21-/m0/s1. The van der Waals surface area contributed by atoms with Crippen LogP contribution in [0.25, 0.3) is 0 Å². The second-order valence-electron chi connectivity index (χ2n) is 11.3. The molecule has 40 heavy (non-hydrogen) atoms. The van der Waals surface area contributed by atoms with Gasteiger partial charge in [0, 0.05) is 0 Å². The van der Waals surface area contributed by atoms with Gasteiger partial charge >= 0.3 is 5.97 Å². The van der Waals surface area contributed by atoms with Crippen LogP contribution in [0.2, 0.25) is 0 Å². The van der Waals surface area contributed by atoms with Gasteiger partial charge in [-0.25, -0.2) is 0 Å². The Hall–Kier alpha value is -3.22. The van der Waals surface area contributed by atoms with Gasteiger partial charge in [0.2, 0.25) is 29.5 Å². The summed E-state index contributed by atoms with van der Waals surface area (Å²) in [6, 6.07) is -5.93. The molecule has 0 aromatic carbocycles. The molecule has 0 radical (unpaired) electrons. The van der Waals surface area contributed by atoms with E-state index in [1.165, 1.54) is 20.8 Å². The fourth-order valence-electron chi connectivity index (χ4n) is 3.64. The quantitative estimate of drug-likeness (QED) is 0.126. The van der Waals surface area contributed by atoms with Crippen molar-refractivity contribution in [3.05, 3.63) is 0 Å². The smallest absolute Gasteiger partial charge is 0.325 e. The summed E-state index contributed by atoms with van der Waals surface area (Å²) in [4.78, 5) is 74.8. The molecule has 0 bridgehead atoms. The summed E-state index contributed by atoms with van der Waals surface area (Å²) in [5.74, 6) is -4.22. The number of aliphatic carboxylic acids is 1. The number of rotatable bonds is 17. The second-order valence-corrected chi connectivity index (χ2v) is 11.3. The van der Waals surface area contributed by atoms with Gasteiger partial charge in [0.05, 0.1) is 6.04 Å². The molecule has 0 heterocycles. The maximum Gasteiger partial charge on any atom is 0.325 e. The number of carbonyl (C=O) groups excluding carboxylic acids is 5. The molecule has 5 amide bonds. The molecule has 8 N–H and O–H groups in total. The van der Waals surface area contributed by atoms with Crippen LogP contribution in [-0.4, -0.2) is 76.9 Å². The molecule has 0 fully saturated rings. The number of nitrogens with two attached hydrogens (primary N) is 1. The zero-order valence-corrected chi connectivity index (χ0v) is 25.3. The molecule has 0 saturated heterocycles. The molecule has 13 nitrogen and oxygen atoms in total. The van der Waals surface area contributed by atoms with Crippen molar-refractivity contribution < 1.29 is 33.9 Å². The van der Waals surface area contributed by atoms with Crippen molar-refractivity contribution in [3.8, 4) is 0 Å². The zero-order chi connectivity index (χ0) is 31.3. The molecule has 0 aromatic rings. The Kier molecular flexibility index (Phi) is 16.1. The molecule has 0 unspecified atom stereocenters. The summed E-state index contributed by atoms with van der Waals surface area (Å²) in [7, 11) is 0. The summed E-state index contributed by atoms with van der Waals surface area (Å²) in [6.07, 6.45) is 1.22. The number of nitrogens with one attached hydrogen (secondary N) is 5. The summed E-state index contributed by atoms with van der Waals surface area (Å²) in [6.45, 7) is 15.4. The Balaban J connectivity index is 5.38. The Morgan fingerprint density at radius 2 is 0.925 bits per heavy atom.